The van der Waals surface area contributed by atoms with E-state index in [2.05, 4.69) is 6.58 Å². The first-order chi connectivity index (χ1) is 8.19. The zero-order valence-corrected chi connectivity index (χ0v) is 9.74. The van der Waals surface area contributed by atoms with Crippen molar-refractivity contribution in [3.05, 3.63) is 42.2 Å². The van der Waals surface area contributed by atoms with Gasteiger partial charge in [-0.05, 0) is 24.6 Å². The Balaban J connectivity index is 2.67. The lowest BCUT2D eigenvalue weighted by Gasteiger charge is -2.07. The highest BCUT2D eigenvalue weighted by Crippen LogP contribution is 2.19. The SMILES string of the molecule is C=CCCOCC(=O)c1cc(F)ccc1OC. The van der Waals surface area contributed by atoms with E-state index in [0.29, 0.717) is 18.8 Å². The molecule has 0 aliphatic heterocycles. The zero-order chi connectivity index (χ0) is 12.7. The maximum atomic E-state index is 13.0. The summed E-state index contributed by atoms with van der Waals surface area (Å²) in [7, 11) is 1.43. The van der Waals surface area contributed by atoms with E-state index in [1.54, 1.807) is 6.08 Å². The molecule has 0 aliphatic carbocycles. The van der Waals surface area contributed by atoms with Gasteiger partial charge < -0.3 is 9.47 Å². The number of methoxy groups -OCH3 is 1. The largest absolute Gasteiger partial charge is 0.496 e. The summed E-state index contributed by atoms with van der Waals surface area (Å²) in [5.74, 6) is -0.422. The number of carbonyl (C=O) groups excluding carboxylic acids is 1. The molecular weight excluding hydrogens is 223 g/mol. The summed E-state index contributed by atoms with van der Waals surface area (Å²) in [5, 5.41) is 0. The van der Waals surface area contributed by atoms with Crippen LogP contribution in [0.4, 0.5) is 4.39 Å². The van der Waals surface area contributed by atoms with Gasteiger partial charge in [0.15, 0.2) is 5.78 Å². The Morgan fingerprint density at radius 1 is 1.53 bits per heavy atom. The van der Waals surface area contributed by atoms with Crippen LogP contribution < -0.4 is 4.74 Å². The maximum Gasteiger partial charge on any atom is 0.192 e. The van der Waals surface area contributed by atoms with Gasteiger partial charge in [-0.25, -0.2) is 4.39 Å². The minimum atomic E-state index is -0.472. The molecule has 92 valence electrons. The monoisotopic (exact) mass is 238 g/mol. The second-order valence-corrected chi connectivity index (χ2v) is 3.40. The molecule has 1 aromatic rings. The van der Waals surface area contributed by atoms with Crippen molar-refractivity contribution < 1.29 is 18.7 Å². The molecule has 0 aliphatic rings. The first kappa shape index (κ1) is 13.4. The van der Waals surface area contributed by atoms with Gasteiger partial charge in [0.1, 0.15) is 18.2 Å². The van der Waals surface area contributed by atoms with Crippen LogP contribution in [0.5, 0.6) is 5.75 Å². The van der Waals surface area contributed by atoms with Crippen molar-refractivity contribution in [3.63, 3.8) is 0 Å². The molecule has 0 unspecified atom stereocenters. The molecule has 0 saturated heterocycles. The number of hydrogen-bond acceptors (Lipinski definition) is 3. The summed E-state index contributed by atoms with van der Waals surface area (Å²) in [4.78, 5) is 11.7. The minimum absolute atomic E-state index is 0.0896. The van der Waals surface area contributed by atoms with E-state index in [-0.39, 0.29) is 18.0 Å². The van der Waals surface area contributed by atoms with Gasteiger partial charge in [-0.2, -0.15) is 0 Å². The lowest BCUT2D eigenvalue weighted by atomic mass is 10.1. The summed E-state index contributed by atoms with van der Waals surface area (Å²) in [5.41, 5.74) is 0.200. The van der Waals surface area contributed by atoms with Crippen molar-refractivity contribution in [2.24, 2.45) is 0 Å². The Bertz CT molecular complexity index is 402. The van der Waals surface area contributed by atoms with Crippen LogP contribution >= 0.6 is 0 Å². The molecule has 0 fully saturated rings. The van der Waals surface area contributed by atoms with E-state index < -0.39 is 5.82 Å². The Labute approximate surface area is 99.9 Å². The van der Waals surface area contributed by atoms with E-state index in [1.165, 1.54) is 19.2 Å². The second kappa shape index (κ2) is 6.81. The highest BCUT2D eigenvalue weighted by Gasteiger charge is 2.13. The fourth-order valence-corrected chi connectivity index (χ4v) is 1.31. The topological polar surface area (TPSA) is 35.5 Å². The molecule has 3 nitrogen and oxygen atoms in total. The summed E-state index contributed by atoms with van der Waals surface area (Å²) in [6, 6.07) is 3.82. The lowest BCUT2D eigenvalue weighted by Crippen LogP contribution is -2.11. The van der Waals surface area contributed by atoms with Crippen LogP contribution in [0.3, 0.4) is 0 Å². The van der Waals surface area contributed by atoms with E-state index in [0.717, 1.165) is 6.07 Å². The summed E-state index contributed by atoms with van der Waals surface area (Å²) >= 11 is 0. The van der Waals surface area contributed by atoms with Crippen LogP contribution in [0.2, 0.25) is 0 Å². The van der Waals surface area contributed by atoms with E-state index >= 15 is 0 Å². The van der Waals surface area contributed by atoms with Crippen LogP contribution in [0, 0.1) is 5.82 Å². The quantitative estimate of drug-likeness (QED) is 0.416. The molecule has 0 N–H and O–H groups in total. The van der Waals surface area contributed by atoms with Gasteiger partial charge in [-0.3, -0.25) is 4.79 Å². The molecule has 0 heterocycles. The minimum Gasteiger partial charge on any atom is -0.496 e. The molecule has 0 bridgehead atoms. The van der Waals surface area contributed by atoms with Gasteiger partial charge in [0.2, 0.25) is 0 Å². The number of carbonyl (C=O) groups is 1. The number of ether oxygens (including phenoxy) is 2. The van der Waals surface area contributed by atoms with Crippen molar-refractivity contribution in [1.82, 2.24) is 0 Å². The average Bonchev–Trinajstić information content (AvgIpc) is 2.34. The van der Waals surface area contributed by atoms with Crippen molar-refractivity contribution in [1.29, 1.82) is 0 Å². The number of Topliss-reactive ketones (excluding diaryl/α,β-unsaturated/α-hetero) is 1. The van der Waals surface area contributed by atoms with Gasteiger partial charge >= 0.3 is 0 Å². The Hall–Kier alpha value is -1.68. The molecule has 0 saturated carbocycles. The molecule has 17 heavy (non-hydrogen) atoms. The summed E-state index contributed by atoms with van der Waals surface area (Å²) in [6.45, 7) is 3.87. The third-order valence-corrected chi connectivity index (χ3v) is 2.16. The second-order valence-electron chi connectivity index (χ2n) is 3.40. The lowest BCUT2D eigenvalue weighted by molar-refractivity contribution is 0.0765. The fraction of sp³-hybridized carbons (Fsp3) is 0.308. The molecule has 0 spiro atoms. The Morgan fingerprint density at radius 3 is 2.94 bits per heavy atom. The van der Waals surface area contributed by atoms with Crippen LogP contribution in [-0.2, 0) is 4.74 Å². The Morgan fingerprint density at radius 2 is 2.29 bits per heavy atom. The molecule has 1 rings (SSSR count). The fourth-order valence-electron chi connectivity index (χ4n) is 1.31. The summed E-state index contributed by atoms with van der Waals surface area (Å²) < 4.78 is 23.1. The highest BCUT2D eigenvalue weighted by molar-refractivity contribution is 5.99. The third-order valence-electron chi connectivity index (χ3n) is 2.16. The predicted octanol–water partition coefficient (Wildman–Crippen LogP) is 2.61. The molecule has 0 radical (unpaired) electrons. The van der Waals surface area contributed by atoms with Gasteiger partial charge in [0, 0.05) is 0 Å². The van der Waals surface area contributed by atoms with E-state index in [1.807, 2.05) is 0 Å². The molecule has 0 amide bonds. The number of hydrogen-bond donors (Lipinski definition) is 0. The third kappa shape index (κ3) is 4.00. The standard InChI is InChI=1S/C13H15FO3/c1-3-4-7-17-9-12(15)11-8-10(14)5-6-13(11)16-2/h3,5-6,8H,1,4,7,9H2,2H3. The van der Waals surface area contributed by atoms with Crippen molar-refractivity contribution in [2.45, 2.75) is 6.42 Å². The number of halogens is 1. The van der Waals surface area contributed by atoms with Crippen molar-refractivity contribution in [3.8, 4) is 5.75 Å². The van der Waals surface area contributed by atoms with Crippen LogP contribution in [-0.4, -0.2) is 26.1 Å². The first-order valence-electron chi connectivity index (χ1n) is 5.24. The molecular formula is C13H15FO3. The predicted molar refractivity (Wildman–Crippen MR) is 62.9 cm³/mol. The van der Waals surface area contributed by atoms with Gasteiger partial charge in [0.25, 0.3) is 0 Å². The highest BCUT2D eigenvalue weighted by atomic mass is 19.1. The van der Waals surface area contributed by atoms with Gasteiger partial charge in [0.05, 0.1) is 19.3 Å². The van der Waals surface area contributed by atoms with E-state index in [4.69, 9.17) is 9.47 Å². The maximum absolute atomic E-state index is 13.0. The first-order valence-corrected chi connectivity index (χ1v) is 5.24. The number of rotatable bonds is 7. The number of benzene rings is 1. The van der Waals surface area contributed by atoms with E-state index in [9.17, 15) is 9.18 Å². The summed E-state index contributed by atoms with van der Waals surface area (Å²) in [6.07, 6.45) is 2.38. The molecule has 1 aromatic carbocycles. The van der Waals surface area contributed by atoms with Gasteiger partial charge in [-0.1, -0.05) is 6.08 Å². The van der Waals surface area contributed by atoms with Crippen LogP contribution in [0.25, 0.3) is 0 Å². The normalized spacial score (nSPS) is 10.0. The molecule has 0 aromatic heterocycles. The van der Waals surface area contributed by atoms with Crippen LogP contribution in [0.1, 0.15) is 16.8 Å². The van der Waals surface area contributed by atoms with Crippen molar-refractivity contribution >= 4 is 5.78 Å². The number of ketones is 1. The molecule has 4 heteroatoms. The van der Waals surface area contributed by atoms with Crippen molar-refractivity contribution in [2.75, 3.05) is 20.3 Å². The smallest absolute Gasteiger partial charge is 0.192 e. The zero-order valence-electron chi connectivity index (χ0n) is 9.74. The average molecular weight is 238 g/mol. The molecule has 0 atom stereocenters. The van der Waals surface area contributed by atoms with Crippen LogP contribution in [0.15, 0.2) is 30.9 Å². The van der Waals surface area contributed by atoms with Gasteiger partial charge in [-0.15, -0.1) is 6.58 Å². The Kier molecular flexibility index (Phi) is 5.36.